The number of nitriles is 1. The van der Waals surface area contributed by atoms with Crippen LogP contribution in [0, 0.1) is 11.3 Å². The Balaban J connectivity index is 2.17. The molecule has 2 rings (SSSR count). The molecule has 0 radical (unpaired) electrons. The Hall–Kier alpha value is -2.66. The molecule has 1 aromatic heterocycles. The third-order valence-electron chi connectivity index (χ3n) is 2.26. The van der Waals surface area contributed by atoms with Crippen LogP contribution in [0.5, 0.6) is 0 Å². The van der Waals surface area contributed by atoms with Gasteiger partial charge < -0.3 is 5.32 Å². The summed E-state index contributed by atoms with van der Waals surface area (Å²) < 4.78 is 24.3. The second-order valence-electron chi connectivity index (χ2n) is 3.96. The standard InChI is InChI=1S/C12H11N5O2S/c1-20(18,19)17-12-7-6-11(15-16-12)14-10-5-3-2-4-9(10)8-13/h2-7H,1H3,(H,14,15)(H,16,17). The molecule has 0 aliphatic rings. The first-order valence-corrected chi connectivity index (χ1v) is 7.45. The summed E-state index contributed by atoms with van der Waals surface area (Å²) >= 11 is 0. The lowest BCUT2D eigenvalue weighted by Crippen LogP contribution is -2.11. The highest BCUT2D eigenvalue weighted by Crippen LogP contribution is 2.18. The van der Waals surface area contributed by atoms with Gasteiger partial charge >= 0.3 is 0 Å². The first-order valence-electron chi connectivity index (χ1n) is 5.55. The van der Waals surface area contributed by atoms with E-state index < -0.39 is 10.0 Å². The van der Waals surface area contributed by atoms with Crippen LogP contribution in [0.3, 0.4) is 0 Å². The Morgan fingerprint density at radius 1 is 1.10 bits per heavy atom. The molecule has 8 heteroatoms. The number of rotatable bonds is 4. The van der Waals surface area contributed by atoms with Gasteiger partial charge in [-0.2, -0.15) is 5.26 Å². The van der Waals surface area contributed by atoms with E-state index in [9.17, 15) is 8.42 Å². The molecule has 0 spiro atoms. The van der Waals surface area contributed by atoms with Crippen LogP contribution in [-0.2, 0) is 10.0 Å². The van der Waals surface area contributed by atoms with Crippen LogP contribution in [0.2, 0.25) is 0 Å². The van der Waals surface area contributed by atoms with Crippen molar-refractivity contribution in [1.82, 2.24) is 10.2 Å². The molecule has 0 fully saturated rings. The van der Waals surface area contributed by atoms with Gasteiger partial charge in [0.25, 0.3) is 0 Å². The number of aromatic nitrogens is 2. The van der Waals surface area contributed by atoms with E-state index in [0.717, 1.165) is 6.26 Å². The average Bonchev–Trinajstić information content (AvgIpc) is 2.40. The minimum absolute atomic E-state index is 0.131. The van der Waals surface area contributed by atoms with Crippen LogP contribution >= 0.6 is 0 Å². The van der Waals surface area contributed by atoms with Crippen LogP contribution in [0.4, 0.5) is 17.3 Å². The Morgan fingerprint density at radius 2 is 1.75 bits per heavy atom. The van der Waals surface area contributed by atoms with Crippen molar-refractivity contribution in [3.8, 4) is 6.07 Å². The van der Waals surface area contributed by atoms with Crippen molar-refractivity contribution < 1.29 is 8.42 Å². The van der Waals surface area contributed by atoms with E-state index in [1.807, 2.05) is 0 Å². The molecule has 0 amide bonds. The SMILES string of the molecule is CS(=O)(=O)Nc1ccc(Nc2ccccc2C#N)nn1. The summed E-state index contributed by atoms with van der Waals surface area (Å²) in [4.78, 5) is 0. The van der Waals surface area contributed by atoms with Crippen LogP contribution in [-0.4, -0.2) is 24.9 Å². The number of hydrogen-bond acceptors (Lipinski definition) is 6. The van der Waals surface area contributed by atoms with E-state index in [1.165, 1.54) is 6.07 Å². The van der Waals surface area contributed by atoms with Gasteiger partial charge in [0, 0.05) is 0 Å². The van der Waals surface area contributed by atoms with Crippen LogP contribution < -0.4 is 10.0 Å². The second kappa shape index (κ2) is 5.54. The highest BCUT2D eigenvalue weighted by Gasteiger charge is 2.05. The fourth-order valence-electron chi connectivity index (χ4n) is 1.47. The largest absolute Gasteiger partial charge is 0.338 e. The zero-order chi connectivity index (χ0) is 14.6. The lowest BCUT2D eigenvalue weighted by atomic mass is 10.2. The van der Waals surface area contributed by atoms with Crippen LogP contribution in [0.25, 0.3) is 0 Å². The van der Waals surface area contributed by atoms with Crippen molar-refractivity contribution in [2.45, 2.75) is 0 Å². The van der Waals surface area contributed by atoms with Crippen LogP contribution in [0.15, 0.2) is 36.4 Å². The first-order chi connectivity index (χ1) is 9.48. The summed E-state index contributed by atoms with van der Waals surface area (Å²) in [5.74, 6) is 0.540. The smallest absolute Gasteiger partial charge is 0.231 e. The second-order valence-corrected chi connectivity index (χ2v) is 5.71. The van der Waals surface area contributed by atoms with Crippen molar-refractivity contribution in [2.75, 3.05) is 16.3 Å². The van der Waals surface area contributed by atoms with Crippen molar-refractivity contribution in [3.05, 3.63) is 42.0 Å². The number of para-hydroxylation sites is 1. The molecule has 1 aromatic carbocycles. The van der Waals surface area contributed by atoms with E-state index in [0.29, 0.717) is 17.1 Å². The molecule has 0 unspecified atom stereocenters. The molecule has 0 atom stereocenters. The van der Waals surface area contributed by atoms with Crippen molar-refractivity contribution in [1.29, 1.82) is 5.26 Å². The molecule has 0 bridgehead atoms. The van der Waals surface area contributed by atoms with E-state index in [4.69, 9.17) is 5.26 Å². The van der Waals surface area contributed by atoms with Gasteiger partial charge in [0.05, 0.1) is 17.5 Å². The number of hydrogen-bond donors (Lipinski definition) is 2. The zero-order valence-corrected chi connectivity index (χ0v) is 11.3. The van der Waals surface area contributed by atoms with Gasteiger partial charge in [0.2, 0.25) is 10.0 Å². The third-order valence-corrected chi connectivity index (χ3v) is 2.84. The van der Waals surface area contributed by atoms with Gasteiger partial charge in [-0.15, -0.1) is 10.2 Å². The molecule has 7 nitrogen and oxygen atoms in total. The van der Waals surface area contributed by atoms with Gasteiger partial charge in [-0.3, -0.25) is 4.72 Å². The molecule has 0 saturated heterocycles. The molecule has 0 aliphatic carbocycles. The van der Waals surface area contributed by atoms with E-state index in [2.05, 4.69) is 26.3 Å². The Labute approximate surface area is 116 Å². The normalized spacial score (nSPS) is 10.6. The summed E-state index contributed by atoms with van der Waals surface area (Å²) in [6.45, 7) is 0. The maximum atomic E-state index is 11.0. The maximum Gasteiger partial charge on any atom is 0.231 e. The summed E-state index contributed by atoms with van der Waals surface area (Å²) in [7, 11) is -3.38. The fourth-order valence-corrected chi connectivity index (χ4v) is 1.96. The Bertz CT molecular complexity index is 750. The van der Waals surface area contributed by atoms with Gasteiger partial charge in [-0.1, -0.05) is 12.1 Å². The van der Waals surface area contributed by atoms with Gasteiger partial charge in [-0.05, 0) is 24.3 Å². The van der Waals surface area contributed by atoms with Crippen molar-refractivity contribution in [3.63, 3.8) is 0 Å². The van der Waals surface area contributed by atoms with Crippen molar-refractivity contribution >= 4 is 27.3 Å². The summed E-state index contributed by atoms with van der Waals surface area (Å²) in [6.07, 6.45) is 1.03. The van der Waals surface area contributed by atoms with Gasteiger partial charge in [0.15, 0.2) is 11.6 Å². The lowest BCUT2D eigenvalue weighted by Gasteiger charge is -2.07. The maximum absolute atomic E-state index is 11.0. The van der Waals surface area contributed by atoms with Gasteiger partial charge in [0.1, 0.15) is 6.07 Å². The minimum Gasteiger partial charge on any atom is -0.338 e. The number of benzene rings is 1. The highest BCUT2D eigenvalue weighted by atomic mass is 32.2. The summed E-state index contributed by atoms with van der Waals surface area (Å²) in [5.41, 5.74) is 1.08. The summed E-state index contributed by atoms with van der Waals surface area (Å²) in [5, 5.41) is 19.5. The molecule has 1 heterocycles. The predicted octanol–water partition coefficient (Wildman–Crippen LogP) is 1.46. The van der Waals surface area contributed by atoms with E-state index in [-0.39, 0.29) is 5.82 Å². The Morgan fingerprint density at radius 3 is 2.35 bits per heavy atom. The monoisotopic (exact) mass is 289 g/mol. The quantitative estimate of drug-likeness (QED) is 0.882. The fraction of sp³-hybridized carbons (Fsp3) is 0.0833. The number of sulfonamides is 1. The molecular weight excluding hydrogens is 278 g/mol. The summed E-state index contributed by atoms with van der Waals surface area (Å²) in [6, 6.07) is 12.1. The molecule has 2 N–H and O–H groups in total. The van der Waals surface area contributed by atoms with Gasteiger partial charge in [-0.25, -0.2) is 8.42 Å². The zero-order valence-electron chi connectivity index (χ0n) is 10.5. The molecule has 20 heavy (non-hydrogen) atoms. The molecule has 0 saturated carbocycles. The first kappa shape index (κ1) is 13.8. The molecule has 102 valence electrons. The molecule has 2 aromatic rings. The van der Waals surface area contributed by atoms with Crippen molar-refractivity contribution in [2.24, 2.45) is 0 Å². The minimum atomic E-state index is -3.38. The van der Waals surface area contributed by atoms with Crippen LogP contribution in [0.1, 0.15) is 5.56 Å². The molecule has 0 aliphatic heterocycles. The number of anilines is 3. The third kappa shape index (κ3) is 3.66. The lowest BCUT2D eigenvalue weighted by molar-refractivity contribution is 0.606. The Kier molecular flexibility index (Phi) is 3.81. The number of nitrogens with zero attached hydrogens (tertiary/aromatic N) is 3. The molecular formula is C12H11N5O2S. The predicted molar refractivity (Wildman–Crippen MR) is 74.9 cm³/mol. The van der Waals surface area contributed by atoms with E-state index >= 15 is 0 Å². The topological polar surface area (TPSA) is 108 Å². The van der Waals surface area contributed by atoms with E-state index in [1.54, 1.807) is 30.3 Å². The average molecular weight is 289 g/mol. The number of nitrogens with one attached hydrogen (secondary N) is 2. The highest BCUT2D eigenvalue weighted by molar-refractivity contribution is 7.92.